The Morgan fingerprint density at radius 2 is 2.06 bits per heavy atom. The lowest BCUT2D eigenvalue weighted by Gasteiger charge is -2.13. The lowest BCUT2D eigenvalue weighted by atomic mass is 9.97. The number of aryl methyl sites for hydroxylation is 1. The fourth-order valence-electron chi connectivity index (χ4n) is 2.34. The standard InChI is InChI=1S/C13H16BrNO2/c14-12-9-5-3-1-2-4-8(9)6-10(13(12)17)11(16)7-15/h6,17H,1-5,7,15H2. The van der Waals surface area contributed by atoms with Crippen LogP contribution in [-0.2, 0) is 12.8 Å². The van der Waals surface area contributed by atoms with Gasteiger partial charge in [-0.2, -0.15) is 0 Å². The Morgan fingerprint density at radius 3 is 2.76 bits per heavy atom. The van der Waals surface area contributed by atoms with Crippen molar-refractivity contribution in [3.05, 3.63) is 27.2 Å². The average Bonchev–Trinajstić information content (AvgIpc) is 2.58. The van der Waals surface area contributed by atoms with Gasteiger partial charge >= 0.3 is 0 Å². The van der Waals surface area contributed by atoms with Crippen LogP contribution in [0, 0.1) is 0 Å². The molecule has 0 bridgehead atoms. The van der Waals surface area contributed by atoms with Gasteiger partial charge in [0.2, 0.25) is 0 Å². The number of phenolic OH excluding ortho intramolecular Hbond substituents is 1. The van der Waals surface area contributed by atoms with E-state index >= 15 is 0 Å². The van der Waals surface area contributed by atoms with Crippen molar-refractivity contribution >= 4 is 21.7 Å². The number of aromatic hydroxyl groups is 1. The summed E-state index contributed by atoms with van der Waals surface area (Å²) in [5.41, 5.74) is 8.02. The maximum absolute atomic E-state index is 11.7. The van der Waals surface area contributed by atoms with Crippen LogP contribution in [-0.4, -0.2) is 17.4 Å². The first-order chi connectivity index (χ1) is 8.15. The van der Waals surface area contributed by atoms with Gasteiger partial charge in [0, 0.05) is 0 Å². The number of hydrogen-bond acceptors (Lipinski definition) is 3. The predicted molar refractivity (Wildman–Crippen MR) is 70.5 cm³/mol. The van der Waals surface area contributed by atoms with E-state index in [1.54, 1.807) is 0 Å². The number of rotatable bonds is 2. The maximum atomic E-state index is 11.7. The van der Waals surface area contributed by atoms with E-state index in [2.05, 4.69) is 15.9 Å². The third-order valence-corrected chi connectivity index (χ3v) is 4.15. The molecule has 0 fully saturated rings. The van der Waals surface area contributed by atoms with Gasteiger partial charge in [-0.05, 0) is 58.8 Å². The normalized spacial score (nSPS) is 15.2. The molecule has 17 heavy (non-hydrogen) atoms. The quantitative estimate of drug-likeness (QED) is 0.651. The van der Waals surface area contributed by atoms with Gasteiger partial charge in [-0.15, -0.1) is 0 Å². The molecule has 3 N–H and O–H groups in total. The third kappa shape index (κ3) is 2.38. The minimum Gasteiger partial charge on any atom is -0.506 e. The SMILES string of the molecule is NCC(=O)c1cc2c(c(Br)c1O)CCCCC2. The molecule has 1 aliphatic carbocycles. The molecule has 0 spiro atoms. The van der Waals surface area contributed by atoms with E-state index in [4.69, 9.17) is 5.73 Å². The van der Waals surface area contributed by atoms with Gasteiger partial charge in [0.25, 0.3) is 0 Å². The number of ketones is 1. The van der Waals surface area contributed by atoms with E-state index in [9.17, 15) is 9.90 Å². The minimum atomic E-state index is -0.213. The van der Waals surface area contributed by atoms with Crippen molar-refractivity contribution in [2.24, 2.45) is 5.73 Å². The molecule has 0 amide bonds. The van der Waals surface area contributed by atoms with Gasteiger partial charge in [0.1, 0.15) is 5.75 Å². The summed E-state index contributed by atoms with van der Waals surface area (Å²) in [4.78, 5) is 11.7. The molecule has 0 heterocycles. The molecule has 0 aromatic heterocycles. The van der Waals surface area contributed by atoms with Gasteiger partial charge in [-0.1, -0.05) is 6.42 Å². The minimum absolute atomic E-state index is 0.0427. The van der Waals surface area contributed by atoms with Crippen LogP contribution in [0.1, 0.15) is 40.7 Å². The topological polar surface area (TPSA) is 63.3 Å². The summed E-state index contributed by atoms with van der Waals surface area (Å²) in [6.45, 7) is -0.0706. The Balaban J connectivity index is 2.55. The molecular weight excluding hydrogens is 282 g/mol. The molecule has 1 aliphatic rings. The molecule has 3 nitrogen and oxygen atoms in total. The highest BCUT2D eigenvalue weighted by Crippen LogP contribution is 2.37. The average molecular weight is 298 g/mol. The number of hydrogen-bond donors (Lipinski definition) is 2. The molecule has 92 valence electrons. The lowest BCUT2D eigenvalue weighted by molar-refractivity contribution is 0.0998. The molecule has 0 saturated carbocycles. The molecule has 0 saturated heterocycles. The fourth-order valence-corrected chi connectivity index (χ4v) is 3.01. The molecule has 0 aliphatic heterocycles. The summed E-state index contributed by atoms with van der Waals surface area (Å²) in [7, 11) is 0. The number of halogens is 1. The first kappa shape index (κ1) is 12.6. The van der Waals surface area contributed by atoms with Crippen molar-refractivity contribution in [1.29, 1.82) is 0 Å². The second-order valence-corrected chi connectivity index (χ2v) is 5.21. The lowest BCUT2D eigenvalue weighted by Crippen LogP contribution is -2.14. The van der Waals surface area contributed by atoms with Gasteiger partial charge in [0.05, 0.1) is 16.6 Å². The summed E-state index contributed by atoms with van der Waals surface area (Å²) >= 11 is 3.41. The van der Waals surface area contributed by atoms with E-state index in [1.165, 1.54) is 12.0 Å². The molecule has 0 unspecified atom stereocenters. The highest BCUT2D eigenvalue weighted by atomic mass is 79.9. The van der Waals surface area contributed by atoms with Crippen LogP contribution >= 0.6 is 15.9 Å². The first-order valence-corrected chi connectivity index (χ1v) is 6.71. The zero-order valence-corrected chi connectivity index (χ0v) is 11.2. The number of benzene rings is 1. The number of fused-ring (bicyclic) bond motifs is 1. The summed E-state index contributed by atoms with van der Waals surface area (Å²) in [6.07, 6.45) is 5.40. The third-order valence-electron chi connectivity index (χ3n) is 3.29. The Hall–Kier alpha value is -0.870. The largest absolute Gasteiger partial charge is 0.506 e. The van der Waals surface area contributed by atoms with E-state index in [0.717, 1.165) is 31.2 Å². The molecule has 4 heteroatoms. The van der Waals surface area contributed by atoms with Crippen LogP contribution in [0.4, 0.5) is 0 Å². The smallest absolute Gasteiger partial charge is 0.180 e. The second-order valence-electron chi connectivity index (χ2n) is 4.41. The monoisotopic (exact) mass is 297 g/mol. The maximum Gasteiger partial charge on any atom is 0.180 e. The number of carbonyl (C=O) groups is 1. The zero-order chi connectivity index (χ0) is 12.4. The van der Waals surface area contributed by atoms with Crippen molar-refractivity contribution < 1.29 is 9.90 Å². The van der Waals surface area contributed by atoms with Crippen LogP contribution in [0.2, 0.25) is 0 Å². The number of carbonyl (C=O) groups excluding carboxylic acids is 1. The summed E-state index contributed by atoms with van der Waals surface area (Å²) in [5, 5.41) is 10.0. The fraction of sp³-hybridized carbons (Fsp3) is 0.462. The predicted octanol–water partition coefficient (Wildman–Crippen LogP) is 2.57. The van der Waals surface area contributed by atoms with E-state index in [0.29, 0.717) is 10.0 Å². The zero-order valence-electron chi connectivity index (χ0n) is 9.63. The molecule has 0 atom stereocenters. The van der Waals surface area contributed by atoms with Crippen LogP contribution in [0.25, 0.3) is 0 Å². The first-order valence-electron chi connectivity index (χ1n) is 5.91. The molecule has 0 radical (unpaired) electrons. The summed E-state index contributed by atoms with van der Waals surface area (Å²) < 4.78 is 0.675. The van der Waals surface area contributed by atoms with Crippen molar-refractivity contribution in [3.63, 3.8) is 0 Å². The molecular formula is C13H16BrNO2. The molecule has 1 aromatic carbocycles. The van der Waals surface area contributed by atoms with E-state index in [1.807, 2.05) is 6.07 Å². The van der Waals surface area contributed by atoms with Crippen LogP contribution in [0.15, 0.2) is 10.5 Å². The van der Waals surface area contributed by atoms with Crippen LogP contribution < -0.4 is 5.73 Å². The Bertz CT molecular complexity index is 457. The van der Waals surface area contributed by atoms with Crippen LogP contribution in [0.5, 0.6) is 5.75 Å². The summed E-state index contributed by atoms with van der Waals surface area (Å²) in [6, 6.07) is 1.82. The number of Topliss-reactive ketones (excluding diaryl/α,β-unsaturated/α-hetero) is 1. The Kier molecular flexibility index (Phi) is 3.84. The highest BCUT2D eigenvalue weighted by Gasteiger charge is 2.20. The van der Waals surface area contributed by atoms with E-state index < -0.39 is 0 Å². The van der Waals surface area contributed by atoms with Crippen molar-refractivity contribution in [2.75, 3.05) is 6.54 Å². The number of nitrogens with two attached hydrogens (primary N) is 1. The van der Waals surface area contributed by atoms with Crippen LogP contribution in [0.3, 0.4) is 0 Å². The van der Waals surface area contributed by atoms with Crippen molar-refractivity contribution in [3.8, 4) is 5.75 Å². The van der Waals surface area contributed by atoms with Gasteiger partial charge < -0.3 is 10.8 Å². The Labute approximate surface area is 109 Å². The highest BCUT2D eigenvalue weighted by molar-refractivity contribution is 9.10. The van der Waals surface area contributed by atoms with Crippen molar-refractivity contribution in [1.82, 2.24) is 0 Å². The van der Waals surface area contributed by atoms with E-state index in [-0.39, 0.29) is 18.1 Å². The van der Waals surface area contributed by atoms with Crippen molar-refractivity contribution in [2.45, 2.75) is 32.1 Å². The van der Waals surface area contributed by atoms with Gasteiger partial charge in [-0.3, -0.25) is 4.79 Å². The summed E-state index contributed by atoms with van der Waals surface area (Å²) in [5.74, 6) is -0.170. The molecule has 2 rings (SSSR count). The molecule has 1 aromatic rings. The van der Waals surface area contributed by atoms with Gasteiger partial charge in [0.15, 0.2) is 5.78 Å². The number of phenols is 1. The second kappa shape index (κ2) is 5.19. The van der Waals surface area contributed by atoms with Gasteiger partial charge in [-0.25, -0.2) is 0 Å². The Morgan fingerprint density at radius 1 is 1.35 bits per heavy atom.